The van der Waals surface area contributed by atoms with Crippen LogP contribution in [0.5, 0.6) is 0 Å². The maximum atomic E-state index is 11.9. The molecule has 0 fully saturated rings. The summed E-state index contributed by atoms with van der Waals surface area (Å²) in [6.07, 6.45) is 1.49. The van der Waals surface area contributed by atoms with Gasteiger partial charge in [0.2, 0.25) is 0 Å². The lowest BCUT2D eigenvalue weighted by molar-refractivity contribution is 0.103. The van der Waals surface area contributed by atoms with E-state index in [0.717, 1.165) is 5.56 Å². The molecule has 3 heteroatoms. The number of ketones is 1. The molecule has 15 heavy (non-hydrogen) atoms. The van der Waals surface area contributed by atoms with Gasteiger partial charge in [-0.25, -0.2) is 0 Å². The third-order valence-corrected chi connectivity index (χ3v) is 2.79. The molecule has 2 nitrogen and oxygen atoms in total. The van der Waals surface area contributed by atoms with Crippen LogP contribution >= 0.6 is 15.9 Å². The largest absolute Gasteiger partial charge is 0.457 e. The van der Waals surface area contributed by atoms with Gasteiger partial charge < -0.3 is 4.42 Å². The molecule has 1 aromatic carbocycles. The molecular formula is C12H9BrO2. The molecule has 0 saturated heterocycles. The fraction of sp³-hybridized carbons (Fsp3) is 0.0833. The number of hydrogen-bond acceptors (Lipinski definition) is 2. The van der Waals surface area contributed by atoms with E-state index < -0.39 is 0 Å². The summed E-state index contributed by atoms with van der Waals surface area (Å²) in [6.45, 7) is 1.99. The SMILES string of the molecule is Cc1ccc(C(=O)c2ccoc2Br)cc1. The second-order valence-electron chi connectivity index (χ2n) is 3.30. The van der Waals surface area contributed by atoms with Gasteiger partial charge in [-0.3, -0.25) is 4.79 Å². The molecule has 2 rings (SSSR count). The van der Waals surface area contributed by atoms with E-state index in [4.69, 9.17) is 4.42 Å². The van der Waals surface area contributed by atoms with E-state index in [1.165, 1.54) is 6.26 Å². The van der Waals surface area contributed by atoms with E-state index in [0.29, 0.717) is 15.8 Å². The third-order valence-electron chi connectivity index (χ3n) is 2.18. The smallest absolute Gasteiger partial charge is 0.197 e. The number of halogens is 1. The van der Waals surface area contributed by atoms with Crippen LogP contribution in [0.3, 0.4) is 0 Å². The third kappa shape index (κ3) is 2.02. The lowest BCUT2D eigenvalue weighted by Crippen LogP contribution is -1.99. The molecule has 2 aromatic rings. The Morgan fingerprint density at radius 3 is 2.40 bits per heavy atom. The Kier molecular flexibility index (Phi) is 2.73. The van der Waals surface area contributed by atoms with Crippen molar-refractivity contribution in [1.82, 2.24) is 0 Å². The van der Waals surface area contributed by atoms with Gasteiger partial charge in [0, 0.05) is 5.56 Å². The number of carbonyl (C=O) groups excluding carboxylic acids is 1. The zero-order valence-corrected chi connectivity index (χ0v) is 9.74. The van der Waals surface area contributed by atoms with E-state index in [9.17, 15) is 4.79 Å². The van der Waals surface area contributed by atoms with E-state index in [1.54, 1.807) is 6.07 Å². The lowest BCUT2D eigenvalue weighted by Gasteiger charge is -1.99. The highest BCUT2D eigenvalue weighted by Gasteiger charge is 2.14. The first-order chi connectivity index (χ1) is 7.18. The van der Waals surface area contributed by atoms with Crippen LogP contribution < -0.4 is 0 Å². The van der Waals surface area contributed by atoms with Crippen LogP contribution in [0.15, 0.2) is 45.7 Å². The first-order valence-corrected chi connectivity index (χ1v) is 5.32. The monoisotopic (exact) mass is 264 g/mol. The van der Waals surface area contributed by atoms with Crippen molar-refractivity contribution in [3.63, 3.8) is 0 Å². The van der Waals surface area contributed by atoms with Gasteiger partial charge in [0.25, 0.3) is 0 Å². The highest BCUT2D eigenvalue weighted by atomic mass is 79.9. The highest BCUT2D eigenvalue weighted by molar-refractivity contribution is 9.10. The van der Waals surface area contributed by atoms with E-state index in [1.807, 2.05) is 31.2 Å². The topological polar surface area (TPSA) is 30.2 Å². The van der Waals surface area contributed by atoms with Gasteiger partial charge in [-0.05, 0) is 28.9 Å². The van der Waals surface area contributed by atoms with Crippen molar-refractivity contribution in [3.05, 3.63) is 58.0 Å². The fourth-order valence-electron chi connectivity index (χ4n) is 1.32. The van der Waals surface area contributed by atoms with Gasteiger partial charge in [0.1, 0.15) is 0 Å². The molecule has 76 valence electrons. The zero-order valence-electron chi connectivity index (χ0n) is 8.16. The Labute approximate surface area is 96.0 Å². The van der Waals surface area contributed by atoms with Crippen LogP contribution in [-0.2, 0) is 0 Å². The van der Waals surface area contributed by atoms with Gasteiger partial charge >= 0.3 is 0 Å². The number of aryl methyl sites for hydroxylation is 1. The van der Waals surface area contributed by atoms with Crippen LogP contribution in [0.4, 0.5) is 0 Å². The summed E-state index contributed by atoms with van der Waals surface area (Å²) in [4.78, 5) is 11.9. The number of rotatable bonds is 2. The molecule has 1 heterocycles. The number of hydrogen-bond donors (Lipinski definition) is 0. The van der Waals surface area contributed by atoms with E-state index in [-0.39, 0.29) is 5.78 Å². The van der Waals surface area contributed by atoms with Crippen LogP contribution in [0.2, 0.25) is 0 Å². The Morgan fingerprint density at radius 2 is 1.87 bits per heavy atom. The molecule has 0 spiro atoms. The minimum atomic E-state index is -0.0318. The molecule has 0 unspecified atom stereocenters. The van der Waals surface area contributed by atoms with Crippen molar-refractivity contribution in [2.75, 3.05) is 0 Å². The summed E-state index contributed by atoms with van der Waals surface area (Å²) in [5.41, 5.74) is 2.36. The Hall–Kier alpha value is -1.35. The molecule has 0 amide bonds. The Morgan fingerprint density at radius 1 is 1.20 bits per heavy atom. The molecule has 0 N–H and O–H groups in total. The van der Waals surface area contributed by atoms with Gasteiger partial charge in [-0.15, -0.1) is 0 Å². The summed E-state index contributed by atoms with van der Waals surface area (Å²) in [5.74, 6) is -0.0318. The molecule has 0 aliphatic heterocycles. The lowest BCUT2D eigenvalue weighted by atomic mass is 10.1. The zero-order chi connectivity index (χ0) is 10.8. The van der Waals surface area contributed by atoms with Gasteiger partial charge in [-0.2, -0.15) is 0 Å². The van der Waals surface area contributed by atoms with Crippen LogP contribution in [0.25, 0.3) is 0 Å². The van der Waals surface area contributed by atoms with E-state index >= 15 is 0 Å². The normalized spacial score (nSPS) is 10.3. The average molecular weight is 265 g/mol. The molecule has 0 atom stereocenters. The van der Waals surface area contributed by atoms with Crippen molar-refractivity contribution in [2.24, 2.45) is 0 Å². The maximum absolute atomic E-state index is 11.9. The van der Waals surface area contributed by atoms with Gasteiger partial charge in [-0.1, -0.05) is 29.8 Å². The molecular weight excluding hydrogens is 256 g/mol. The predicted molar refractivity (Wildman–Crippen MR) is 61.0 cm³/mol. The standard InChI is InChI=1S/C12H9BrO2/c1-8-2-4-9(5-3-8)11(14)10-6-7-15-12(10)13/h2-7H,1H3. The predicted octanol–water partition coefficient (Wildman–Crippen LogP) is 3.58. The fourth-order valence-corrected chi connectivity index (χ4v) is 1.74. The first-order valence-electron chi connectivity index (χ1n) is 4.53. The van der Waals surface area contributed by atoms with Gasteiger partial charge in [0.15, 0.2) is 10.5 Å². The van der Waals surface area contributed by atoms with Crippen molar-refractivity contribution in [3.8, 4) is 0 Å². The molecule has 0 saturated carbocycles. The number of carbonyl (C=O) groups is 1. The summed E-state index contributed by atoms with van der Waals surface area (Å²) in [7, 11) is 0. The minimum absolute atomic E-state index is 0.0318. The molecule has 0 bridgehead atoms. The van der Waals surface area contributed by atoms with Crippen molar-refractivity contribution in [1.29, 1.82) is 0 Å². The van der Waals surface area contributed by atoms with Crippen LogP contribution in [0.1, 0.15) is 21.5 Å². The van der Waals surface area contributed by atoms with Crippen molar-refractivity contribution in [2.45, 2.75) is 6.92 Å². The highest BCUT2D eigenvalue weighted by Crippen LogP contribution is 2.21. The summed E-state index contributed by atoms with van der Waals surface area (Å²) in [5, 5.41) is 0. The second kappa shape index (κ2) is 4.03. The summed E-state index contributed by atoms with van der Waals surface area (Å²) >= 11 is 3.19. The Bertz CT molecular complexity index is 483. The first kappa shape index (κ1) is 10.2. The molecule has 0 aliphatic carbocycles. The average Bonchev–Trinajstić information content (AvgIpc) is 2.65. The molecule has 1 aromatic heterocycles. The summed E-state index contributed by atoms with van der Waals surface area (Å²) < 4.78 is 5.51. The molecule has 0 radical (unpaired) electrons. The number of furan rings is 1. The minimum Gasteiger partial charge on any atom is -0.457 e. The van der Waals surface area contributed by atoms with E-state index in [2.05, 4.69) is 15.9 Å². The van der Waals surface area contributed by atoms with Gasteiger partial charge in [0.05, 0.1) is 11.8 Å². The maximum Gasteiger partial charge on any atom is 0.197 e. The summed E-state index contributed by atoms with van der Waals surface area (Å²) in [6, 6.07) is 9.13. The van der Waals surface area contributed by atoms with Crippen LogP contribution in [0, 0.1) is 6.92 Å². The van der Waals surface area contributed by atoms with Crippen molar-refractivity contribution < 1.29 is 9.21 Å². The van der Waals surface area contributed by atoms with Crippen LogP contribution in [-0.4, -0.2) is 5.78 Å². The second-order valence-corrected chi connectivity index (χ2v) is 4.02. The van der Waals surface area contributed by atoms with Crippen molar-refractivity contribution >= 4 is 21.7 Å². The Balaban J connectivity index is 2.37. The number of benzene rings is 1. The molecule has 0 aliphatic rings. The quantitative estimate of drug-likeness (QED) is 0.777.